The molecule has 1 N–H and O–H groups in total. The Morgan fingerprint density at radius 3 is 2.54 bits per heavy atom. The number of ether oxygens (including phenoxy) is 3. The summed E-state index contributed by atoms with van der Waals surface area (Å²) in [5, 5.41) is 2.17. The van der Waals surface area contributed by atoms with Crippen LogP contribution in [0.25, 0.3) is 6.08 Å². The van der Waals surface area contributed by atoms with E-state index in [0.717, 1.165) is 4.90 Å². The maximum absolute atomic E-state index is 13.2. The van der Waals surface area contributed by atoms with Gasteiger partial charge < -0.3 is 18.6 Å². The molecule has 1 aliphatic rings. The molecule has 1 aliphatic heterocycles. The zero-order valence-corrected chi connectivity index (χ0v) is 18.8. The van der Waals surface area contributed by atoms with Gasteiger partial charge in [-0.2, -0.15) is 0 Å². The second-order valence-electron chi connectivity index (χ2n) is 7.14. The molecule has 4 rings (SSSR count). The molecule has 2 aromatic carbocycles. The topological polar surface area (TPSA) is 124 Å². The molecule has 0 spiro atoms. The van der Waals surface area contributed by atoms with E-state index in [1.165, 1.54) is 49.8 Å². The van der Waals surface area contributed by atoms with E-state index in [1.54, 1.807) is 31.2 Å². The van der Waals surface area contributed by atoms with Crippen molar-refractivity contribution in [3.8, 4) is 17.2 Å². The summed E-state index contributed by atoms with van der Waals surface area (Å²) in [5.74, 6) is -1.75. The summed E-state index contributed by atoms with van der Waals surface area (Å²) < 4.78 is 21.2. The monoisotopic (exact) mass is 476 g/mol. The Balaban J connectivity index is 1.67. The van der Waals surface area contributed by atoms with Gasteiger partial charge in [0.05, 0.1) is 25.7 Å². The summed E-state index contributed by atoms with van der Waals surface area (Å²) in [5.41, 5.74) is 0.309. The number of esters is 1. The van der Waals surface area contributed by atoms with Gasteiger partial charge in [0, 0.05) is 0 Å². The van der Waals surface area contributed by atoms with Crippen molar-refractivity contribution in [3.63, 3.8) is 0 Å². The number of carbonyl (C=O) groups is 4. The number of methoxy groups -OCH3 is 1. The minimum atomic E-state index is -0.892. The number of furan rings is 1. The van der Waals surface area contributed by atoms with Crippen LogP contribution in [0.5, 0.6) is 17.2 Å². The largest absolute Gasteiger partial charge is 0.495 e. The molecule has 1 aromatic heterocycles. The number of amides is 4. The summed E-state index contributed by atoms with van der Waals surface area (Å²) in [4.78, 5) is 51.3. The zero-order valence-electron chi connectivity index (χ0n) is 18.8. The minimum Gasteiger partial charge on any atom is -0.495 e. The maximum atomic E-state index is 13.2. The highest BCUT2D eigenvalue weighted by Crippen LogP contribution is 2.33. The molecule has 10 heteroatoms. The zero-order chi connectivity index (χ0) is 24.9. The van der Waals surface area contributed by atoms with E-state index in [0.29, 0.717) is 5.56 Å². The summed E-state index contributed by atoms with van der Waals surface area (Å²) in [7, 11) is 1.41. The van der Waals surface area contributed by atoms with Crippen LogP contribution < -0.4 is 24.4 Å². The molecule has 0 saturated carbocycles. The number of imide groups is 2. The number of para-hydroxylation sites is 2. The summed E-state index contributed by atoms with van der Waals surface area (Å²) in [6.07, 6.45) is 2.66. The Kier molecular flexibility index (Phi) is 6.63. The lowest BCUT2D eigenvalue weighted by molar-refractivity contribution is -0.122. The first-order chi connectivity index (χ1) is 16.9. The molecule has 35 heavy (non-hydrogen) atoms. The van der Waals surface area contributed by atoms with Crippen molar-refractivity contribution >= 4 is 35.6 Å². The van der Waals surface area contributed by atoms with Gasteiger partial charge in [0.25, 0.3) is 11.8 Å². The van der Waals surface area contributed by atoms with Gasteiger partial charge in [0.1, 0.15) is 11.3 Å². The fourth-order valence-corrected chi connectivity index (χ4v) is 3.37. The van der Waals surface area contributed by atoms with Crippen LogP contribution in [0, 0.1) is 0 Å². The third-order valence-electron chi connectivity index (χ3n) is 4.93. The molecule has 0 atom stereocenters. The van der Waals surface area contributed by atoms with Gasteiger partial charge in [0.2, 0.25) is 5.76 Å². The Labute approximate surface area is 199 Å². The van der Waals surface area contributed by atoms with Gasteiger partial charge >= 0.3 is 12.0 Å². The highest BCUT2D eigenvalue weighted by Gasteiger charge is 2.38. The summed E-state index contributed by atoms with van der Waals surface area (Å²) in [6, 6.07) is 13.1. The van der Waals surface area contributed by atoms with Crippen molar-refractivity contribution in [2.24, 2.45) is 0 Å². The number of nitrogens with zero attached hydrogens (tertiary/aromatic N) is 1. The molecule has 178 valence electrons. The summed E-state index contributed by atoms with van der Waals surface area (Å²) in [6.45, 7) is 2.01. The molecule has 1 fully saturated rings. The molecule has 0 bridgehead atoms. The van der Waals surface area contributed by atoms with E-state index in [-0.39, 0.29) is 40.9 Å². The maximum Gasteiger partial charge on any atom is 0.379 e. The van der Waals surface area contributed by atoms with E-state index in [1.807, 2.05) is 0 Å². The van der Waals surface area contributed by atoms with E-state index in [9.17, 15) is 19.2 Å². The van der Waals surface area contributed by atoms with E-state index >= 15 is 0 Å². The predicted octanol–water partition coefficient (Wildman–Crippen LogP) is 3.57. The molecular weight excluding hydrogens is 456 g/mol. The van der Waals surface area contributed by atoms with Gasteiger partial charge in [-0.25, -0.2) is 14.5 Å². The third kappa shape index (κ3) is 4.76. The van der Waals surface area contributed by atoms with E-state index < -0.39 is 23.8 Å². The molecule has 0 radical (unpaired) electrons. The van der Waals surface area contributed by atoms with Crippen molar-refractivity contribution < 1.29 is 37.8 Å². The fraction of sp³-hybridized carbons (Fsp3) is 0.120. The van der Waals surface area contributed by atoms with Crippen LogP contribution in [0.1, 0.15) is 23.0 Å². The first kappa shape index (κ1) is 23.3. The lowest BCUT2D eigenvalue weighted by atomic mass is 10.1. The molecular formula is C25H20N2O8. The van der Waals surface area contributed by atoms with Gasteiger partial charge in [-0.1, -0.05) is 18.2 Å². The van der Waals surface area contributed by atoms with Crippen molar-refractivity contribution in [3.05, 3.63) is 77.8 Å². The van der Waals surface area contributed by atoms with Gasteiger partial charge in [0.15, 0.2) is 11.5 Å². The molecule has 0 aliphatic carbocycles. The number of carbonyl (C=O) groups excluding carboxylic acids is 4. The summed E-state index contributed by atoms with van der Waals surface area (Å²) >= 11 is 0. The first-order valence-corrected chi connectivity index (χ1v) is 10.5. The second-order valence-corrected chi connectivity index (χ2v) is 7.14. The minimum absolute atomic E-state index is 0.0178. The normalized spacial score (nSPS) is 14.6. The van der Waals surface area contributed by atoms with Crippen LogP contribution in [0.2, 0.25) is 0 Å². The van der Waals surface area contributed by atoms with Crippen LogP contribution in [-0.2, 0) is 9.59 Å². The molecule has 3 aromatic rings. The molecule has 2 heterocycles. The Morgan fingerprint density at radius 1 is 1.03 bits per heavy atom. The second kappa shape index (κ2) is 9.96. The number of benzene rings is 2. The molecule has 0 unspecified atom stereocenters. The van der Waals surface area contributed by atoms with Crippen LogP contribution in [0.3, 0.4) is 0 Å². The average molecular weight is 476 g/mol. The van der Waals surface area contributed by atoms with Crippen LogP contribution >= 0.6 is 0 Å². The van der Waals surface area contributed by atoms with Gasteiger partial charge in [-0.3, -0.25) is 14.9 Å². The van der Waals surface area contributed by atoms with E-state index in [2.05, 4.69) is 5.32 Å². The lowest BCUT2D eigenvalue weighted by Crippen LogP contribution is -2.54. The highest BCUT2D eigenvalue weighted by atomic mass is 16.6. The number of hydrogen-bond acceptors (Lipinski definition) is 8. The predicted molar refractivity (Wildman–Crippen MR) is 123 cm³/mol. The van der Waals surface area contributed by atoms with Crippen molar-refractivity contribution in [2.75, 3.05) is 18.6 Å². The standard InChI is InChI=1S/C25H20N2O8/c1-3-33-21-14-15(10-11-19(21)35-24(30)20-9-6-12-34-20)13-16-22(28)26-25(31)27(23(16)29)17-7-4-5-8-18(17)32-2/h4-14H,3H2,1-2H3,(H,26,28,31)/b16-13+. The Hall–Kier alpha value is -4.86. The first-order valence-electron chi connectivity index (χ1n) is 10.5. The smallest absolute Gasteiger partial charge is 0.379 e. The average Bonchev–Trinajstić information content (AvgIpc) is 3.39. The number of anilines is 1. The quantitative estimate of drug-likeness (QED) is 0.238. The van der Waals surface area contributed by atoms with Gasteiger partial charge in [-0.05, 0) is 55.0 Å². The fourth-order valence-electron chi connectivity index (χ4n) is 3.37. The Morgan fingerprint density at radius 2 is 1.83 bits per heavy atom. The number of rotatable bonds is 7. The van der Waals surface area contributed by atoms with Gasteiger partial charge in [-0.15, -0.1) is 0 Å². The number of nitrogens with one attached hydrogen (secondary N) is 1. The number of hydrogen-bond donors (Lipinski definition) is 1. The molecule has 10 nitrogen and oxygen atoms in total. The highest BCUT2D eigenvalue weighted by molar-refractivity contribution is 6.39. The third-order valence-corrected chi connectivity index (χ3v) is 4.93. The van der Waals surface area contributed by atoms with E-state index in [4.69, 9.17) is 18.6 Å². The SMILES string of the molecule is CCOc1cc(/C=C2\C(=O)NC(=O)N(c3ccccc3OC)C2=O)ccc1OC(=O)c1ccco1. The number of barbiturate groups is 1. The molecule has 1 saturated heterocycles. The Bertz CT molecular complexity index is 1330. The lowest BCUT2D eigenvalue weighted by Gasteiger charge is -2.27. The number of urea groups is 1. The van der Waals surface area contributed by atoms with Crippen LogP contribution in [0.15, 0.2) is 70.9 Å². The van der Waals surface area contributed by atoms with Crippen molar-refractivity contribution in [1.29, 1.82) is 0 Å². The van der Waals surface area contributed by atoms with Crippen LogP contribution in [-0.4, -0.2) is 37.5 Å². The van der Waals surface area contributed by atoms with Crippen molar-refractivity contribution in [2.45, 2.75) is 6.92 Å². The molecule has 4 amide bonds. The van der Waals surface area contributed by atoms with Crippen molar-refractivity contribution in [1.82, 2.24) is 5.32 Å². The van der Waals surface area contributed by atoms with Crippen LogP contribution in [0.4, 0.5) is 10.5 Å².